The summed E-state index contributed by atoms with van der Waals surface area (Å²) in [6, 6.07) is 18.3. The second-order valence-corrected chi connectivity index (χ2v) is 8.46. The van der Waals surface area contributed by atoms with Crippen molar-refractivity contribution in [3.05, 3.63) is 60.2 Å². The van der Waals surface area contributed by atoms with Gasteiger partial charge in [-0.15, -0.1) is 23.5 Å². The van der Waals surface area contributed by atoms with Gasteiger partial charge < -0.3 is 9.47 Å². The fourth-order valence-corrected chi connectivity index (χ4v) is 5.26. The molecular weight excluding hydrogens is 312 g/mol. The van der Waals surface area contributed by atoms with Crippen molar-refractivity contribution in [1.29, 1.82) is 0 Å². The van der Waals surface area contributed by atoms with E-state index in [-0.39, 0.29) is 4.08 Å². The number of benzene rings is 2. The Morgan fingerprint density at radius 3 is 1.95 bits per heavy atom. The van der Waals surface area contributed by atoms with Gasteiger partial charge in [0.1, 0.15) is 24.7 Å². The molecule has 2 aromatic carbocycles. The van der Waals surface area contributed by atoms with E-state index in [0.717, 1.165) is 11.5 Å². The first kappa shape index (κ1) is 15.6. The second-order valence-electron chi connectivity index (χ2n) is 5.18. The number of hydrogen-bond acceptors (Lipinski definition) is 4. The summed E-state index contributed by atoms with van der Waals surface area (Å²) in [5, 5.41) is 0. The van der Waals surface area contributed by atoms with Crippen LogP contribution in [0.5, 0.6) is 11.5 Å². The summed E-state index contributed by atoms with van der Waals surface area (Å²) in [5.74, 6) is 4.24. The molecule has 2 nitrogen and oxygen atoms in total. The van der Waals surface area contributed by atoms with E-state index in [1.54, 1.807) is 0 Å². The summed E-state index contributed by atoms with van der Waals surface area (Å²) in [6.07, 6.45) is 0. The van der Waals surface area contributed by atoms with Gasteiger partial charge in [0.25, 0.3) is 0 Å². The van der Waals surface area contributed by atoms with Crippen LogP contribution in [0.4, 0.5) is 0 Å². The number of hydrogen-bond donors (Lipinski definition) is 0. The van der Waals surface area contributed by atoms with Crippen molar-refractivity contribution in [1.82, 2.24) is 0 Å². The molecule has 116 valence electrons. The first-order valence-corrected chi connectivity index (χ1v) is 9.42. The highest BCUT2D eigenvalue weighted by Gasteiger charge is 2.31. The Morgan fingerprint density at radius 2 is 1.36 bits per heavy atom. The minimum absolute atomic E-state index is 0.203. The fraction of sp³-hybridized carbons (Fsp3) is 0.333. The second kappa shape index (κ2) is 7.34. The average molecular weight is 332 g/mol. The van der Waals surface area contributed by atoms with E-state index >= 15 is 0 Å². The zero-order valence-electron chi connectivity index (χ0n) is 12.7. The molecule has 1 aliphatic rings. The Labute approximate surface area is 140 Å². The molecule has 0 radical (unpaired) electrons. The van der Waals surface area contributed by atoms with Gasteiger partial charge in [-0.05, 0) is 36.8 Å². The van der Waals surface area contributed by atoms with Gasteiger partial charge in [0, 0.05) is 11.5 Å². The minimum Gasteiger partial charge on any atom is -0.490 e. The molecule has 0 unspecified atom stereocenters. The molecule has 3 rings (SSSR count). The van der Waals surface area contributed by atoms with Crippen molar-refractivity contribution in [3.8, 4) is 11.5 Å². The van der Waals surface area contributed by atoms with E-state index < -0.39 is 0 Å². The summed E-state index contributed by atoms with van der Waals surface area (Å²) >= 11 is 4.05. The van der Waals surface area contributed by atoms with Crippen LogP contribution in [0.1, 0.15) is 12.5 Å². The van der Waals surface area contributed by atoms with E-state index in [1.807, 2.05) is 53.9 Å². The zero-order chi connectivity index (χ0) is 15.3. The Kier molecular flexibility index (Phi) is 5.21. The van der Waals surface area contributed by atoms with Crippen LogP contribution in [-0.4, -0.2) is 24.7 Å². The number of thioether (sulfide) groups is 2. The monoisotopic (exact) mass is 332 g/mol. The summed E-state index contributed by atoms with van der Waals surface area (Å²) in [5.41, 5.74) is 1.37. The molecule has 0 aliphatic carbocycles. The molecule has 0 bridgehead atoms. The SMILES string of the molecule is CC1(c2ccc(OCCOc3ccccc3)cc2)SCCS1. The lowest BCUT2D eigenvalue weighted by atomic mass is 10.1. The van der Waals surface area contributed by atoms with Gasteiger partial charge in [-0.2, -0.15) is 0 Å². The molecule has 0 atom stereocenters. The number of para-hydroxylation sites is 1. The molecular formula is C18H20O2S2. The molecule has 2 aromatic rings. The highest BCUT2D eigenvalue weighted by atomic mass is 32.2. The average Bonchev–Trinajstić information content (AvgIpc) is 3.01. The highest BCUT2D eigenvalue weighted by Crippen LogP contribution is 2.51. The van der Waals surface area contributed by atoms with Crippen molar-refractivity contribution in [2.45, 2.75) is 11.0 Å². The predicted octanol–water partition coefficient (Wildman–Crippen LogP) is 4.80. The molecule has 0 saturated carbocycles. The molecule has 22 heavy (non-hydrogen) atoms. The summed E-state index contributed by atoms with van der Waals surface area (Å²) in [6.45, 7) is 3.41. The van der Waals surface area contributed by atoms with E-state index in [0.29, 0.717) is 13.2 Å². The Balaban J connectivity index is 1.47. The van der Waals surface area contributed by atoms with E-state index in [9.17, 15) is 0 Å². The van der Waals surface area contributed by atoms with E-state index in [2.05, 4.69) is 31.2 Å². The Morgan fingerprint density at radius 1 is 0.818 bits per heavy atom. The molecule has 1 heterocycles. The largest absolute Gasteiger partial charge is 0.490 e. The number of rotatable bonds is 6. The lowest BCUT2D eigenvalue weighted by Gasteiger charge is -2.22. The van der Waals surface area contributed by atoms with Crippen LogP contribution in [0.15, 0.2) is 54.6 Å². The van der Waals surface area contributed by atoms with Crippen molar-refractivity contribution in [2.75, 3.05) is 24.7 Å². The minimum atomic E-state index is 0.203. The van der Waals surface area contributed by atoms with Gasteiger partial charge in [-0.3, -0.25) is 0 Å². The maximum absolute atomic E-state index is 5.74. The van der Waals surface area contributed by atoms with Crippen LogP contribution in [0.3, 0.4) is 0 Å². The van der Waals surface area contributed by atoms with Crippen LogP contribution in [0.2, 0.25) is 0 Å². The standard InChI is InChI=1S/C18H20O2S2/c1-18(21-13-14-22-18)15-7-9-17(10-8-15)20-12-11-19-16-5-3-2-4-6-16/h2-10H,11-14H2,1H3. The third-order valence-corrected chi connectivity index (χ3v) is 6.94. The molecule has 1 saturated heterocycles. The van der Waals surface area contributed by atoms with Crippen LogP contribution in [0, 0.1) is 0 Å². The van der Waals surface area contributed by atoms with Crippen molar-refractivity contribution >= 4 is 23.5 Å². The molecule has 0 amide bonds. The normalized spacial score (nSPS) is 16.4. The molecule has 1 aliphatic heterocycles. The topological polar surface area (TPSA) is 18.5 Å². The van der Waals surface area contributed by atoms with Crippen molar-refractivity contribution < 1.29 is 9.47 Å². The van der Waals surface area contributed by atoms with Crippen LogP contribution >= 0.6 is 23.5 Å². The first-order valence-electron chi connectivity index (χ1n) is 7.45. The first-order chi connectivity index (χ1) is 10.8. The summed E-state index contributed by atoms with van der Waals surface area (Å²) < 4.78 is 11.6. The third-order valence-electron chi connectivity index (χ3n) is 3.58. The van der Waals surface area contributed by atoms with Crippen molar-refractivity contribution in [3.63, 3.8) is 0 Å². The Hall–Kier alpha value is -1.26. The quantitative estimate of drug-likeness (QED) is 0.707. The Bertz CT molecular complexity index is 578. The van der Waals surface area contributed by atoms with Gasteiger partial charge in [0.05, 0.1) is 4.08 Å². The van der Waals surface area contributed by atoms with Gasteiger partial charge >= 0.3 is 0 Å². The maximum atomic E-state index is 5.74. The van der Waals surface area contributed by atoms with Crippen LogP contribution in [-0.2, 0) is 4.08 Å². The van der Waals surface area contributed by atoms with Crippen molar-refractivity contribution in [2.24, 2.45) is 0 Å². The molecule has 4 heteroatoms. The molecule has 0 aromatic heterocycles. The lowest BCUT2D eigenvalue weighted by Crippen LogP contribution is -2.10. The third kappa shape index (κ3) is 3.93. The van der Waals surface area contributed by atoms with Crippen LogP contribution < -0.4 is 9.47 Å². The van der Waals surface area contributed by atoms with Crippen LogP contribution in [0.25, 0.3) is 0 Å². The van der Waals surface area contributed by atoms with E-state index in [1.165, 1.54) is 17.1 Å². The molecule has 1 fully saturated rings. The van der Waals surface area contributed by atoms with Gasteiger partial charge in [0.2, 0.25) is 0 Å². The highest BCUT2D eigenvalue weighted by molar-refractivity contribution is 8.20. The summed E-state index contributed by atoms with van der Waals surface area (Å²) in [7, 11) is 0. The maximum Gasteiger partial charge on any atom is 0.122 e. The predicted molar refractivity (Wildman–Crippen MR) is 96.1 cm³/mol. The molecule has 0 N–H and O–H groups in total. The van der Waals surface area contributed by atoms with E-state index in [4.69, 9.17) is 9.47 Å². The molecule has 0 spiro atoms. The van der Waals surface area contributed by atoms with Gasteiger partial charge in [-0.1, -0.05) is 30.3 Å². The van der Waals surface area contributed by atoms with Gasteiger partial charge in [0.15, 0.2) is 0 Å². The fourth-order valence-electron chi connectivity index (χ4n) is 2.37. The lowest BCUT2D eigenvalue weighted by molar-refractivity contribution is 0.217. The smallest absolute Gasteiger partial charge is 0.122 e. The van der Waals surface area contributed by atoms with Gasteiger partial charge in [-0.25, -0.2) is 0 Å². The zero-order valence-corrected chi connectivity index (χ0v) is 14.3. The number of ether oxygens (including phenoxy) is 2. The summed E-state index contributed by atoms with van der Waals surface area (Å²) in [4.78, 5) is 0.